The quantitative estimate of drug-likeness (QED) is 0.179. The van der Waals surface area contributed by atoms with Crippen LogP contribution in [0, 0.1) is 20.2 Å². The summed E-state index contributed by atoms with van der Waals surface area (Å²) >= 11 is 0. The van der Waals surface area contributed by atoms with E-state index in [1.54, 1.807) is 31.4 Å². The topological polar surface area (TPSA) is 131 Å². The van der Waals surface area contributed by atoms with E-state index >= 15 is 0 Å². The largest absolute Gasteiger partial charge is 0.496 e. The van der Waals surface area contributed by atoms with Crippen molar-refractivity contribution in [1.82, 2.24) is 9.97 Å². The van der Waals surface area contributed by atoms with E-state index in [9.17, 15) is 20.2 Å². The summed E-state index contributed by atoms with van der Waals surface area (Å²) in [7, 11) is 3.07. The Bertz CT molecular complexity index is 1560. The molecule has 0 unspecified atom stereocenters. The van der Waals surface area contributed by atoms with Crippen molar-refractivity contribution in [2.75, 3.05) is 14.2 Å². The van der Waals surface area contributed by atoms with E-state index in [2.05, 4.69) is 17.1 Å². The van der Waals surface area contributed by atoms with E-state index in [1.165, 1.54) is 45.1 Å². The first-order chi connectivity index (χ1) is 19.4. The van der Waals surface area contributed by atoms with Crippen molar-refractivity contribution in [3.05, 3.63) is 80.1 Å². The van der Waals surface area contributed by atoms with Gasteiger partial charge in [0.1, 0.15) is 22.5 Å². The second-order valence-electron chi connectivity index (χ2n) is 10.3. The molecule has 2 heterocycles. The number of rotatable bonds is 6. The molecule has 0 saturated heterocycles. The summed E-state index contributed by atoms with van der Waals surface area (Å²) in [5.74, 6) is 1.96. The van der Waals surface area contributed by atoms with Crippen LogP contribution in [0.15, 0.2) is 48.7 Å². The smallest absolute Gasteiger partial charge is 0.299 e. The number of nitro groups is 2. The minimum absolute atomic E-state index is 0.0371. The summed E-state index contributed by atoms with van der Waals surface area (Å²) in [5, 5.41) is 24.1. The highest BCUT2D eigenvalue weighted by atomic mass is 16.6. The Labute approximate surface area is 231 Å². The zero-order valence-corrected chi connectivity index (χ0v) is 22.7. The summed E-state index contributed by atoms with van der Waals surface area (Å²) in [4.78, 5) is 30.4. The van der Waals surface area contributed by atoms with Crippen LogP contribution in [0.1, 0.15) is 74.5 Å². The average molecular weight is 545 g/mol. The Hall–Kier alpha value is -4.34. The van der Waals surface area contributed by atoms with E-state index in [-0.39, 0.29) is 16.3 Å². The van der Waals surface area contributed by atoms with Crippen LogP contribution < -0.4 is 9.47 Å². The van der Waals surface area contributed by atoms with Gasteiger partial charge in [-0.15, -0.1) is 0 Å². The zero-order valence-electron chi connectivity index (χ0n) is 22.7. The molecule has 10 heteroatoms. The number of hydrogen-bond acceptors (Lipinski definition) is 8. The Morgan fingerprint density at radius 2 is 1.45 bits per heavy atom. The van der Waals surface area contributed by atoms with Gasteiger partial charge in [-0.05, 0) is 49.8 Å². The lowest BCUT2D eigenvalue weighted by Gasteiger charge is -2.18. The van der Waals surface area contributed by atoms with Gasteiger partial charge in [0.05, 0.1) is 36.2 Å². The zero-order chi connectivity index (χ0) is 28.2. The number of pyridine rings is 2. The molecule has 0 atom stereocenters. The Morgan fingerprint density at radius 3 is 2.08 bits per heavy atom. The standard InChI is InChI=1S/C20H24N2O3.C10H8N2O3/c1-25-18-12-17(22(23)24)20-15(19(18)14-8-4-5-9-14)10-11-16(21-20)13-6-2-3-7-13;1-15-8-5-7-3-2-4-11-10(7)9(6-8)12(13)14/h10-14H,2-9H2,1H3;2-6H,1H3. The molecule has 208 valence electrons. The van der Waals surface area contributed by atoms with Gasteiger partial charge in [0.15, 0.2) is 0 Å². The van der Waals surface area contributed by atoms with Crippen molar-refractivity contribution < 1.29 is 19.3 Å². The SMILES string of the molecule is COc1cc([N+](=O)[O-])c2nc(C3CCCC3)ccc2c1C1CCCC1.COc1cc([N+](=O)[O-])c2ncccc2c1. The number of aromatic nitrogens is 2. The maximum absolute atomic E-state index is 11.7. The second-order valence-corrected chi connectivity index (χ2v) is 10.3. The molecule has 4 aromatic rings. The summed E-state index contributed by atoms with van der Waals surface area (Å²) < 4.78 is 10.5. The fourth-order valence-corrected chi connectivity index (χ4v) is 6.09. The number of ether oxygens (including phenoxy) is 2. The lowest BCUT2D eigenvalue weighted by Crippen LogP contribution is -2.04. The fourth-order valence-electron chi connectivity index (χ4n) is 6.09. The van der Waals surface area contributed by atoms with Gasteiger partial charge in [0.2, 0.25) is 0 Å². The molecular weight excluding hydrogens is 512 g/mol. The van der Waals surface area contributed by atoms with Gasteiger partial charge in [-0.2, -0.15) is 0 Å². The number of hydrogen-bond donors (Lipinski definition) is 0. The minimum Gasteiger partial charge on any atom is -0.496 e. The number of nitro benzene ring substituents is 2. The summed E-state index contributed by atoms with van der Waals surface area (Å²) in [5.41, 5.74) is 3.07. The van der Waals surface area contributed by atoms with Gasteiger partial charge >= 0.3 is 0 Å². The fraction of sp³-hybridized carbons (Fsp3) is 0.400. The molecule has 0 N–H and O–H groups in total. The van der Waals surface area contributed by atoms with Gasteiger partial charge in [-0.1, -0.05) is 37.8 Å². The minimum atomic E-state index is -0.460. The molecule has 40 heavy (non-hydrogen) atoms. The first-order valence-electron chi connectivity index (χ1n) is 13.6. The third kappa shape index (κ3) is 5.38. The van der Waals surface area contributed by atoms with Crippen molar-refractivity contribution in [3.63, 3.8) is 0 Å². The number of fused-ring (bicyclic) bond motifs is 2. The number of methoxy groups -OCH3 is 2. The van der Waals surface area contributed by atoms with E-state index in [0.29, 0.717) is 39.8 Å². The first kappa shape index (κ1) is 27.2. The molecule has 2 fully saturated rings. The molecule has 0 aliphatic heterocycles. The molecule has 2 saturated carbocycles. The highest BCUT2D eigenvalue weighted by Crippen LogP contribution is 2.45. The molecule has 0 spiro atoms. The molecule has 0 bridgehead atoms. The molecule has 2 aromatic carbocycles. The number of non-ortho nitro benzene ring substituents is 2. The molecular formula is C30H32N4O6. The van der Waals surface area contributed by atoms with Crippen molar-refractivity contribution >= 4 is 33.2 Å². The number of benzene rings is 2. The van der Waals surface area contributed by atoms with Crippen LogP contribution in [0.4, 0.5) is 11.4 Å². The first-order valence-corrected chi connectivity index (χ1v) is 13.6. The molecule has 0 radical (unpaired) electrons. The third-order valence-corrected chi connectivity index (χ3v) is 8.03. The van der Waals surface area contributed by atoms with E-state index in [4.69, 9.17) is 14.5 Å². The maximum atomic E-state index is 11.7. The van der Waals surface area contributed by atoms with Crippen molar-refractivity contribution in [2.45, 2.75) is 63.2 Å². The number of nitrogens with zero attached hydrogens (tertiary/aromatic N) is 4. The van der Waals surface area contributed by atoms with E-state index in [1.807, 2.05) is 0 Å². The molecule has 2 aliphatic carbocycles. The van der Waals surface area contributed by atoms with E-state index < -0.39 is 4.92 Å². The molecule has 0 amide bonds. The monoisotopic (exact) mass is 544 g/mol. The molecule has 2 aromatic heterocycles. The Morgan fingerprint density at radius 1 is 0.800 bits per heavy atom. The molecule has 6 rings (SSSR count). The van der Waals surface area contributed by atoms with Gasteiger partial charge in [0, 0.05) is 34.1 Å². The van der Waals surface area contributed by atoms with Gasteiger partial charge in [0.25, 0.3) is 11.4 Å². The predicted molar refractivity (Wildman–Crippen MR) is 152 cm³/mol. The van der Waals surface area contributed by atoms with Crippen molar-refractivity contribution in [1.29, 1.82) is 0 Å². The average Bonchev–Trinajstić information content (AvgIpc) is 3.71. The predicted octanol–water partition coefficient (Wildman–Crippen LogP) is 7.62. The van der Waals surface area contributed by atoms with Crippen LogP contribution in [0.3, 0.4) is 0 Å². The van der Waals surface area contributed by atoms with Crippen LogP contribution in [0.5, 0.6) is 11.5 Å². The highest BCUT2D eigenvalue weighted by Gasteiger charge is 2.29. The Kier molecular flexibility index (Phi) is 8.04. The van der Waals surface area contributed by atoms with Gasteiger partial charge < -0.3 is 9.47 Å². The summed E-state index contributed by atoms with van der Waals surface area (Å²) in [6.45, 7) is 0. The Balaban J connectivity index is 0.000000184. The van der Waals surface area contributed by atoms with Crippen LogP contribution in [-0.2, 0) is 0 Å². The molecule has 10 nitrogen and oxygen atoms in total. The van der Waals surface area contributed by atoms with Crippen molar-refractivity contribution in [3.8, 4) is 11.5 Å². The summed E-state index contributed by atoms with van der Waals surface area (Å²) in [6.07, 6.45) is 10.9. The highest BCUT2D eigenvalue weighted by molar-refractivity contribution is 5.93. The van der Waals surface area contributed by atoms with Crippen LogP contribution >= 0.6 is 0 Å². The lowest BCUT2D eigenvalue weighted by molar-refractivity contribution is -0.383. The van der Waals surface area contributed by atoms with Crippen LogP contribution in [-0.4, -0.2) is 34.0 Å². The second kappa shape index (κ2) is 11.8. The normalized spacial score (nSPS) is 15.7. The van der Waals surface area contributed by atoms with Crippen molar-refractivity contribution in [2.24, 2.45) is 0 Å². The third-order valence-electron chi connectivity index (χ3n) is 8.03. The summed E-state index contributed by atoms with van der Waals surface area (Å²) in [6, 6.07) is 12.3. The molecule has 2 aliphatic rings. The van der Waals surface area contributed by atoms with Gasteiger partial charge in [-0.3, -0.25) is 20.2 Å². The van der Waals surface area contributed by atoms with E-state index in [0.717, 1.165) is 42.3 Å². The van der Waals surface area contributed by atoms with Crippen LogP contribution in [0.2, 0.25) is 0 Å². The van der Waals surface area contributed by atoms with Crippen LogP contribution in [0.25, 0.3) is 21.8 Å². The lowest BCUT2D eigenvalue weighted by atomic mass is 9.91. The maximum Gasteiger partial charge on any atom is 0.299 e. The van der Waals surface area contributed by atoms with Gasteiger partial charge in [-0.25, -0.2) is 9.97 Å².